The van der Waals surface area contributed by atoms with Crippen LogP contribution in [0.25, 0.3) is 10.9 Å². The molecule has 3 rings (SSSR count). The number of aromatic nitrogens is 2. The SMILES string of the molecule is C/C(=N/Nc1nc(C(F)(F)F)nc2ccccc12)c1cccc([N+](=O)[O-])c1. The summed E-state index contributed by atoms with van der Waals surface area (Å²) in [7, 11) is 0. The van der Waals surface area contributed by atoms with Crippen LogP contribution in [-0.2, 0) is 6.18 Å². The number of nitro groups is 1. The summed E-state index contributed by atoms with van der Waals surface area (Å²) < 4.78 is 39.1. The second-order valence-corrected chi connectivity index (χ2v) is 5.53. The number of hydrazone groups is 1. The molecule has 1 N–H and O–H groups in total. The highest BCUT2D eigenvalue weighted by Gasteiger charge is 2.35. The van der Waals surface area contributed by atoms with Gasteiger partial charge < -0.3 is 0 Å². The highest BCUT2D eigenvalue weighted by Crippen LogP contribution is 2.30. The van der Waals surface area contributed by atoms with Crippen molar-refractivity contribution in [3.05, 3.63) is 70.0 Å². The van der Waals surface area contributed by atoms with E-state index in [0.717, 1.165) is 0 Å². The summed E-state index contributed by atoms with van der Waals surface area (Å²) in [4.78, 5) is 17.4. The number of hydrogen-bond acceptors (Lipinski definition) is 6. The van der Waals surface area contributed by atoms with Gasteiger partial charge in [0.2, 0.25) is 5.82 Å². The van der Waals surface area contributed by atoms with E-state index in [1.54, 1.807) is 31.2 Å². The molecule has 0 spiro atoms. The van der Waals surface area contributed by atoms with Crippen LogP contribution in [0.1, 0.15) is 18.3 Å². The second kappa shape index (κ2) is 6.98. The Labute approximate surface area is 150 Å². The van der Waals surface area contributed by atoms with Crippen molar-refractivity contribution in [1.29, 1.82) is 0 Å². The van der Waals surface area contributed by atoms with E-state index in [2.05, 4.69) is 20.5 Å². The molecule has 0 aliphatic rings. The van der Waals surface area contributed by atoms with Crippen LogP contribution in [-0.4, -0.2) is 20.6 Å². The Kier molecular flexibility index (Phi) is 4.72. The molecule has 0 saturated carbocycles. The summed E-state index contributed by atoms with van der Waals surface area (Å²) in [5.74, 6) is -1.40. The number of anilines is 1. The predicted octanol–water partition coefficient (Wildman–Crippen LogP) is 4.39. The lowest BCUT2D eigenvalue weighted by Gasteiger charge is -2.10. The molecule has 1 aromatic heterocycles. The van der Waals surface area contributed by atoms with Crippen LogP contribution < -0.4 is 5.43 Å². The van der Waals surface area contributed by atoms with Gasteiger partial charge in [-0.2, -0.15) is 18.3 Å². The number of nitrogens with one attached hydrogen (secondary N) is 1. The van der Waals surface area contributed by atoms with Crippen LogP contribution in [0.3, 0.4) is 0 Å². The summed E-state index contributed by atoms with van der Waals surface area (Å²) in [6, 6.07) is 12.0. The summed E-state index contributed by atoms with van der Waals surface area (Å²) >= 11 is 0. The zero-order chi connectivity index (χ0) is 19.6. The van der Waals surface area contributed by atoms with Gasteiger partial charge in [-0.15, -0.1) is 0 Å². The van der Waals surface area contributed by atoms with E-state index in [1.807, 2.05) is 0 Å². The topological polar surface area (TPSA) is 93.3 Å². The van der Waals surface area contributed by atoms with Gasteiger partial charge >= 0.3 is 6.18 Å². The first-order valence-corrected chi connectivity index (χ1v) is 7.65. The van der Waals surface area contributed by atoms with Crippen molar-refractivity contribution in [3.8, 4) is 0 Å². The van der Waals surface area contributed by atoms with Crippen molar-refractivity contribution in [2.45, 2.75) is 13.1 Å². The molecular weight excluding hydrogens is 363 g/mol. The van der Waals surface area contributed by atoms with Crippen LogP contribution in [0.4, 0.5) is 24.7 Å². The number of non-ortho nitro benzene ring substituents is 1. The van der Waals surface area contributed by atoms with Crippen LogP contribution in [0.5, 0.6) is 0 Å². The minimum Gasteiger partial charge on any atom is -0.260 e. The molecule has 10 heteroatoms. The van der Waals surface area contributed by atoms with Gasteiger partial charge in [0, 0.05) is 23.1 Å². The highest BCUT2D eigenvalue weighted by atomic mass is 19.4. The molecule has 0 bridgehead atoms. The quantitative estimate of drug-likeness (QED) is 0.415. The Morgan fingerprint density at radius 2 is 1.89 bits per heavy atom. The zero-order valence-electron chi connectivity index (χ0n) is 13.9. The van der Waals surface area contributed by atoms with Crippen molar-refractivity contribution in [2.24, 2.45) is 5.10 Å². The summed E-state index contributed by atoms with van der Waals surface area (Å²) in [5, 5.41) is 15.2. The lowest BCUT2D eigenvalue weighted by Crippen LogP contribution is -2.13. The maximum absolute atomic E-state index is 13.0. The van der Waals surface area contributed by atoms with Gasteiger partial charge in [0.1, 0.15) is 0 Å². The fourth-order valence-electron chi connectivity index (χ4n) is 2.33. The number of nitrogens with zero attached hydrogens (tertiary/aromatic N) is 4. The van der Waals surface area contributed by atoms with E-state index in [-0.39, 0.29) is 17.0 Å². The van der Waals surface area contributed by atoms with E-state index in [4.69, 9.17) is 0 Å². The van der Waals surface area contributed by atoms with Crippen LogP contribution in [0, 0.1) is 10.1 Å². The summed E-state index contributed by atoms with van der Waals surface area (Å²) in [5.41, 5.74) is 3.31. The third-order valence-electron chi connectivity index (χ3n) is 3.66. The average molecular weight is 375 g/mol. The molecule has 1 heterocycles. The Balaban J connectivity index is 1.99. The molecule has 0 aliphatic heterocycles. The van der Waals surface area contributed by atoms with Crippen molar-refractivity contribution in [3.63, 3.8) is 0 Å². The largest absolute Gasteiger partial charge is 0.451 e. The molecule has 0 aliphatic carbocycles. The van der Waals surface area contributed by atoms with E-state index in [9.17, 15) is 23.3 Å². The molecule has 7 nitrogen and oxygen atoms in total. The maximum Gasteiger partial charge on any atom is 0.451 e. The normalized spacial score (nSPS) is 12.2. The summed E-state index contributed by atoms with van der Waals surface area (Å²) in [6.45, 7) is 1.57. The standard InChI is InChI=1S/C17H12F3N5O2/c1-10(11-5-4-6-12(9-11)25(26)27)23-24-15-13-7-2-3-8-14(13)21-16(22-15)17(18,19)20/h2-9H,1H3,(H,21,22,24)/b23-10-. The molecule has 0 radical (unpaired) electrons. The minimum absolute atomic E-state index is 0.113. The van der Waals surface area contributed by atoms with E-state index in [0.29, 0.717) is 16.7 Å². The number of para-hydroxylation sites is 1. The molecule has 0 fully saturated rings. The molecule has 2 aromatic carbocycles. The number of alkyl halides is 3. The van der Waals surface area contributed by atoms with Crippen molar-refractivity contribution in [1.82, 2.24) is 9.97 Å². The lowest BCUT2D eigenvalue weighted by atomic mass is 10.1. The Morgan fingerprint density at radius 3 is 2.59 bits per heavy atom. The van der Waals surface area contributed by atoms with Crippen molar-refractivity contribution >= 4 is 28.1 Å². The van der Waals surface area contributed by atoms with E-state index < -0.39 is 16.9 Å². The maximum atomic E-state index is 13.0. The number of rotatable bonds is 4. The molecule has 27 heavy (non-hydrogen) atoms. The Morgan fingerprint density at radius 1 is 1.15 bits per heavy atom. The van der Waals surface area contributed by atoms with Gasteiger partial charge in [0.05, 0.1) is 16.2 Å². The Hall–Kier alpha value is -3.56. The van der Waals surface area contributed by atoms with E-state index >= 15 is 0 Å². The van der Waals surface area contributed by atoms with Gasteiger partial charge in [0.25, 0.3) is 5.69 Å². The predicted molar refractivity (Wildman–Crippen MR) is 93.5 cm³/mol. The highest BCUT2D eigenvalue weighted by molar-refractivity contribution is 6.00. The fourth-order valence-corrected chi connectivity index (χ4v) is 2.33. The smallest absolute Gasteiger partial charge is 0.260 e. The first-order valence-electron chi connectivity index (χ1n) is 7.65. The monoisotopic (exact) mass is 375 g/mol. The molecule has 0 unspecified atom stereocenters. The zero-order valence-corrected chi connectivity index (χ0v) is 13.9. The third-order valence-corrected chi connectivity index (χ3v) is 3.66. The molecule has 138 valence electrons. The molecule has 0 amide bonds. The Bertz CT molecular complexity index is 1050. The van der Waals surface area contributed by atoms with Crippen LogP contribution >= 0.6 is 0 Å². The molecular formula is C17H12F3N5O2. The van der Waals surface area contributed by atoms with E-state index in [1.165, 1.54) is 24.3 Å². The molecule has 0 saturated heterocycles. The van der Waals surface area contributed by atoms with Gasteiger partial charge in [-0.05, 0) is 19.1 Å². The number of benzene rings is 2. The van der Waals surface area contributed by atoms with Crippen LogP contribution in [0.15, 0.2) is 53.6 Å². The fraction of sp³-hybridized carbons (Fsp3) is 0.118. The third kappa shape index (κ3) is 4.00. The number of fused-ring (bicyclic) bond motifs is 1. The first-order chi connectivity index (χ1) is 12.8. The second-order valence-electron chi connectivity index (χ2n) is 5.53. The van der Waals surface area contributed by atoms with Crippen LogP contribution in [0.2, 0.25) is 0 Å². The number of hydrogen-bond donors (Lipinski definition) is 1. The summed E-state index contributed by atoms with van der Waals surface area (Å²) in [6.07, 6.45) is -4.71. The number of nitro benzene ring substituents is 1. The van der Waals surface area contributed by atoms with Gasteiger partial charge in [-0.3, -0.25) is 15.5 Å². The van der Waals surface area contributed by atoms with Crippen molar-refractivity contribution in [2.75, 3.05) is 5.43 Å². The van der Waals surface area contributed by atoms with Gasteiger partial charge in [0.15, 0.2) is 5.82 Å². The molecule has 3 aromatic rings. The average Bonchev–Trinajstić information content (AvgIpc) is 2.65. The van der Waals surface area contributed by atoms with Gasteiger partial charge in [-0.25, -0.2) is 9.97 Å². The lowest BCUT2D eigenvalue weighted by molar-refractivity contribution is -0.384. The van der Waals surface area contributed by atoms with Gasteiger partial charge in [-0.1, -0.05) is 24.3 Å². The number of halogens is 3. The minimum atomic E-state index is -4.71. The molecule has 0 atom stereocenters. The first kappa shape index (κ1) is 18.2. The van der Waals surface area contributed by atoms with Crippen molar-refractivity contribution < 1.29 is 18.1 Å².